The van der Waals surface area contributed by atoms with Crippen molar-refractivity contribution in [3.63, 3.8) is 0 Å². The topological polar surface area (TPSA) is 32.6 Å². The Kier molecular flexibility index (Phi) is 7.52. The molecule has 0 saturated carbocycles. The van der Waals surface area contributed by atoms with E-state index in [2.05, 4.69) is 74.8 Å². The van der Waals surface area contributed by atoms with Gasteiger partial charge in [-0.15, -0.1) is 0 Å². The summed E-state index contributed by atoms with van der Waals surface area (Å²) in [7, 11) is 1.68. The van der Waals surface area contributed by atoms with E-state index in [1.807, 2.05) is 24.3 Å². The van der Waals surface area contributed by atoms with Gasteiger partial charge in [-0.25, -0.2) is 0 Å². The highest BCUT2D eigenvalue weighted by molar-refractivity contribution is 6.74. The Labute approximate surface area is 193 Å². The normalized spacial score (nSPS) is 12.6. The van der Waals surface area contributed by atoms with E-state index in [9.17, 15) is 0 Å². The number of benzene rings is 2. The monoisotopic (exact) mass is 451 g/mol. The van der Waals surface area contributed by atoms with Crippen molar-refractivity contribution in [3.05, 3.63) is 59.8 Å². The van der Waals surface area contributed by atoms with E-state index in [1.165, 1.54) is 10.9 Å². The van der Waals surface area contributed by atoms with Crippen LogP contribution in [0.5, 0.6) is 11.5 Å². The highest BCUT2D eigenvalue weighted by atomic mass is 28.4. The summed E-state index contributed by atoms with van der Waals surface area (Å²) in [6.45, 7) is 13.2. The fourth-order valence-corrected chi connectivity index (χ4v) is 4.62. The molecule has 4 nitrogen and oxygen atoms in total. The second kappa shape index (κ2) is 9.97. The minimum absolute atomic E-state index is 0.229. The molecule has 0 aliphatic carbocycles. The second-order valence-electron chi connectivity index (χ2n) is 9.68. The van der Waals surface area contributed by atoms with Gasteiger partial charge in [0.1, 0.15) is 11.5 Å². The van der Waals surface area contributed by atoms with Gasteiger partial charge in [-0.05, 0) is 67.0 Å². The van der Waals surface area contributed by atoms with Crippen molar-refractivity contribution in [2.24, 2.45) is 0 Å². The number of nitrogens with zero attached hydrogens (tertiary/aromatic N) is 1. The zero-order valence-corrected chi connectivity index (χ0v) is 21.6. The minimum Gasteiger partial charge on any atom is -0.497 e. The average Bonchev–Trinajstić information content (AvgIpc) is 3.11. The molecular weight excluding hydrogens is 414 g/mol. The molecule has 172 valence electrons. The van der Waals surface area contributed by atoms with Crippen LogP contribution in [0, 0.1) is 0 Å². The summed E-state index contributed by atoms with van der Waals surface area (Å²) < 4.78 is 19.7. The Hall–Kier alpha value is -2.50. The second-order valence-corrected chi connectivity index (χ2v) is 14.5. The van der Waals surface area contributed by atoms with Crippen LogP contribution in [0.1, 0.15) is 38.4 Å². The Bertz CT molecular complexity index is 1080. The third-order valence-corrected chi connectivity index (χ3v) is 11.0. The standard InChI is InChI=1S/C27H37NO3Si/c1-27(2,3)32(6,7)31-18-10-17-28-23(14-13-21-11-8-9-12-26(21)30-5)19-22-20-24(29-4)15-16-25(22)28/h8-9,11-16,19-20H,10,17-18H2,1-7H3/b14-13+. The first-order valence-electron chi connectivity index (χ1n) is 11.3. The molecule has 0 atom stereocenters. The number of aryl methyl sites for hydroxylation is 1. The molecule has 3 rings (SSSR count). The van der Waals surface area contributed by atoms with Gasteiger partial charge in [0, 0.05) is 35.3 Å². The molecule has 0 radical (unpaired) electrons. The molecule has 32 heavy (non-hydrogen) atoms. The number of fused-ring (bicyclic) bond motifs is 1. The number of rotatable bonds is 9. The Morgan fingerprint density at radius 1 is 0.938 bits per heavy atom. The Morgan fingerprint density at radius 3 is 2.38 bits per heavy atom. The summed E-state index contributed by atoms with van der Waals surface area (Å²) in [5.74, 6) is 1.74. The van der Waals surface area contributed by atoms with Gasteiger partial charge in [0.25, 0.3) is 0 Å². The van der Waals surface area contributed by atoms with Gasteiger partial charge in [-0.3, -0.25) is 0 Å². The van der Waals surface area contributed by atoms with Crippen LogP contribution < -0.4 is 9.47 Å². The maximum absolute atomic E-state index is 6.41. The zero-order chi connectivity index (χ0) is 23.4. The number of methoxy groups -OCH3 is 2. The van der Waals surface area contributed by atoms with Crippen LogP contribution in [0.2, 0.25) is 18.1 Å². The fourth-order valence-electron chi connectivity index (χ4n) is 3.53. The molecule has 0 saturated heterocycles. The molecule has 1 heterocycles. The van der Waals surface area contributed by atoms with Crippen molar-refractivity contribution >= 4 is 31.4 Å². The SMILES string of the molecule is COc1ccc2c(c1)cc(/C=C/c1ccccc1OC)n2CCCO[Si](C)(C)C(C)(C)C. The van der Waals surface area contributed by atoms with E-state index in [0.717, 1.165) is 42.3 Å². The molecule has 1 aromatic heterocycles. The number of para-hydroxylation sites is 1. The molecule has 0 amide bonds. The van der Waals surface area contributed by atoms with Crippen LogP contribution in [-0.2, 0) is 11.0 Å². The number of hydrogen-bond acceptors (Lipinski definition) is 3. The van der Waals surface area contributed by atoms with Crippen LogP contribution in [0.25, 0.3) is 23.1 Å². The van der Waals surface area contributed by atoms with Crippen LogP contribution in [0.3, 0.4) is 0 Å². The molecule has 0 fully saturated rings. The predicted octanol–water partition coefficient (Wildman–Crippen LogP) is 7.24. The largest absolute Gasteiger partial charge is 0.497 e. The molecule has 5 heteroatoms. The summed E-state index contributed by atoms with van der Waals surface area (Å²) >= 11 is 0. The zero-order valence-electron chi connectivity index (χ0n) is 20.6. The lowest BCUT2D eigenvalue weighted by atomic mass is 10.1. The molecule has 0 aliphatic heterocycles. The summed E-state index contributed by atoms with van der Waals surface area (Å²) in [6.07, 6.45) is 5.25. The average molecular weight is 452 g/mol. The number of hydrogen-bond donors (Lipinski definition) is 0. The van der Waals surface area contributed by atoms with E-state index in [4.69, 9.17) is 13.9 Å². The molecule has 0 bridgehead atoms. The maximum Gasteiger partial charge on any atom is 0.191 e. The highest BCUT2D eigenvalue weighted by Gasteiger charge is 2.36. The summed E-state index contributed by atoms with van der Waals surface area (Å²) in [4.78, 5) is 0. The lowest BCUT2D eigenvalue weighted by Crippen LogP contribution is -2.41. The van der Waals surface area contributed by atoms with Crippen molar-refractivity contribution in [1.82, 2.24) is 4.57 Å². The summed E-state index contributed by atoms with van der Waals surface area (Å²) in [5.41, 5.74) is 3.43. The number of ether oxygens (including phenoxy) is 2. The first-order valence-corrected chi connectivity index (χ1v) is 14.2. The van der Waals surface area contributed by atoms with E-state index >= 15 is 0 Å². The van der Waals surface area contributed by atoms with Crippen LogP contribution >= 0.6 is 0 Å². The van der Waals surface area contributed by atoms with E-state index in [-0.39, 0.29) is 5.04 Å². The van der Waals surface area contributed by atoms with Crippen LogP contribution in [-0.4, -0.2) is 33.7 Å². The summed E-state index contributed by atoms with van der Waals surface area (Å²) in [5, 5.41) is 1.40. The van der Waals surface area contributed by atoms with Crippen molar-refractivity contribution in [1.29, 1.82) is 0 Å². The lowest BCUT2D eigenvalue weighted by molar-refractivity contribution is 0.275. The van der Waals surface area contributed by atoms with Gasteiger partial charge in [-0.1, -0.05) is 39.0 Å². The van der Waals surface area contributed by atoms with Crippen molar-refractivity contribution < 1.29 is 13.9 Å². The fraction of sp³-hybridized carbons (Fsp3) is 0.407. The van der Waals surface area contributed by atoms with Crippen molar-refractivity contribution in [3.8, 4) is 11.5 Å². The quantitative estimate of drug-likeness (QED) is 0.254. The first-order chi connectivity index (χ1) is 15.2. The maximum atomic E-state index is 6.41. The van der Waals surface area contributed by atoms with E-state index in [0.29, 0.717) is 0 Å². The molecule has 0 aliphatic rings. The molecule has 0 unspecified atom stereocenters. The van der Waals surface area contributed by atoms with Gasteiger partial charge < -0.3 is 18.5 Å². The number of aromatic nitrogens is 1. The van der Waals surface area contributed by atoms with Crippen LogP contribution in [0.4, 0.5) is 0 Å². The van der Waals surface area contributed by atoms with Crippen molar-refractivity contribution in [2.75, 3.05) is 20.8 Å². The van der Waals surface area contributed by atoms with Gasteiger partial charge >= 0.3 is 0 Å². The van der Waals surface area contributed by atoms with Crippen molar-refractivity contribution in [2.45, 2.75) is 51.9 Å². The third kappa shape index (κ3) is 5.45. The Balaban J connectivity index is 1.85. The Morgan fingerprint density at radius 2 is 1.69 bits per heavy atom. The lowest BCUT2D eigenvalue weighted by Gasteiger charge is -2.36. The van der Waals surface area contributed by atoms with Crippen LogP contribution in [0.15, 0.2) is 48.5 Å². The first kappa shape index (κ1) is 24.1. The van der Waals surface area contributed by atoms with E-state index < -0.39 is 8.32 Å². The molecular formula is C27H37NO3Si. The summed E-state index contributed by atoms with van der Waals surface area (Å²) in [6, 6.07) is 16.6. The minimum atomic E-state index is -1.73. The molecule has 0 spiro atoms. The molecule has 2 aromatic carbocycles. The molecule has 3 aromatic rings. The molecule has 0 N–H and O–H groups in total. The van der Waals surface area contributed by atoms with Gasteiger partial charge in [0.2, 0.25) is 0 Å². The van der Waals surface area contributed by atoms with Gasteiger partial charge in [0.05, 0.1) is 14.2 Å². The smallest absolute Gasteiger partial charge is 0.191 e. The van der Waals surface area contributed by atoms with Gasteiger partial charge in [0.15, 0.2) is 8.32 Å². The highest BCUT2D eigenvalue weighted by Crippen LogP contribution is 2.36. The predicted molar refractivity (Wildman–Crippen MR) is 138 cm³/mol. The third-order valence-electron chi connectivity index (χ3n) is 6.51. The van der Waals surface area contributed by atoms with E-state index in [1.54, 1.807) is 14.2 Å². The van der Waals surface area contributed by atoms with Gasteiger partial charge in [-0.2, -0.15) is 0 Å².